The number of ether oxygens (including phenoxy) is 6. The van der Waals surface area contributed by atoms with Crippen LogP contribution in [0.15, 0.2) is 24.3 Å². The Hall–Kier alpha value is -3.14. The molecule has 0 N–H and O–H groups in total. The molecule has 1 aliphatic heterocycles. The van der Waals surface area contributed by atoms with E-state index in [1.54, 1.807) is 12.1 Å². The standard InChI is InChI=1S/C23H30O10/c1-6-7-17-8-10-18(11-9-17)32-23-22(31-16(5)27)21(30-15(4)26)20(29-14(3)25)19(33-23)12-28-13(2)24/h8-11,19-23H,6-7,12H2,1-5H3/t19-,20+,21+,22+,23+/m0/s1. The van der Waals surface area contributed by atoms with E-state index in [-0.39, 0.29) is 6.61 Å². The maximum Gasteiger partial charge on any atom is 0.303 e. The van der Waals surface area contributed by atoms with Crippen LogP contribution in [0.3, 0.4) is 0 Å². The van der Waals surface area contributed by atoms with Crippen molar-refractivity contribution in [3.05, 3.63) is 29.8 Å². The zero-order valence-corrected chi connectivity index (χ0v) is 19.4. The summed E-state index contributed by atoms with van der Waals surface area (Å²) in [6.45, 7) is 6.46. The van der Waals surface area contributed by atoms with Crippen molar-refractivity contribution >= 4 is 23.9 Å². The molecular weight excluding hydrogens is 436 g/mol. The van der Waals surface area contributed by atoms with Crippen LogP contribution in [0, 0.1) is 0 Å². The van der Waals surface area contributed by atoms with Gasteiger partial charge in [-0.1, -0.05) is 25.5 Å². The van der Waals surface area contributed by atoms with Gasteiger partial charge in [0.1, 0.15) is 18.5 Å². The maximum absolute atomic E-state index is 11.8. The first-order valence-electron chi connectivity index (χ1n) is 10.7. The normalized spacial score (nSPS) is 24.3. The highest BCUT2D eigenvalue weighted by Gasteiger charge is 2.53. The average molecular weight is 466 g/mol. The predicted molar refractivity (Wildman–Crippen MR) is 113 cm³/mol. The van der Waals surface area contributed by atoms with Gasteiger partial charge in [-0.15, -0.1) is 0 Å². The number of benzene rings is 1. The predicted octanol–water partition coefficient (Wildman–Crippen LogP) is 2.10. The van der Waals surface area contributed by atoms with Gasteiger partial charge in [0.15, 0.2) is 12.2 Å². The first-order valence-corrected chi connectivity index (χ1v) is 10.7. The lowest BCUT2D eigenvalue weighted by Gasteiger charge is -2.43. The van der Waals surface area contributed by atoms with Crippen LogP contribution in [-0.4, -0.2) is 61.2 Å². The lowest BCUT2D eigenvalue weighted by atomic mass is 9.98. The zero-order valence-electron chi connectivity index (χ0n) is 19.4. The summed E-state index contributed by atoms with van der Waals surface area (Å²) in [5.41, 5.74) is 1.12. The Kier molecular flexibility index (Phi) is 9.65. The van der Waals surface area contributed by atoms with E-state index >= 15 is 0 Å². The van der Waals surface area contributed by atoms with Gasteiger partial charge in [0.05, 0.1) is 0 Å². The molecule has 1 aromatic rings. The molecule has 10 heteroatoms. The highest BCUT2D eigenvalue weighted by Crippen LogP contribution is 2.31. The fourth-order valence-corrected chi connectivity index (χ4v) is 3.44. The molecule has 10 nitrogen and oxygen atoms in total. The molecule has 0 aliphatic carbocycles. The number of carbonyl (C=O) groups excluding carboxylic acids is 4. The van der Waals surface area contributed by atoms with E-state index in [9.17, 15) is 19.2 Å². The van der Waals surface area contributed by atoms with Crippen molar-refractivity contribution in [3.8, 4) is 5.75 Å². The van der Waals surface area contributed by atoms with Crippen LogP contribution in [0.25, 0.3) is 0 Å². The Bertz CT molecular complexity index is 834. The van der Waals surface area contributed by atoms with Gasteiger partial charge in [-0.25, -0.2) is 0 Å². The molecule has 0 saturated carbocycles. The molecule has 1 saturated heterocycles. The Morgan fingerprint density at radius 2 is 1.33 bits per heavy atom. The molecule has 1 heterocycles. The van der Waals surface area contributed by atoms with Crippen molar-refractivity contribution in [3.63, 3.8) is 0 Å². The molecule has 1 aliphatic rings. The Balaban J connectivity index is 2.40. The summed E-state index contributed by atoms with van der Waals surface area (Å²) in [7, 11) is 0. The van der Waals surface area contributed by atoms with Gasteiger partial charge in [-0.2, -0.15) is 0 Å². The number of esters is 4. The fourth-order valence-electron chi connectivity index (χ4n) is 3.44. The number of hydrogen-bond donors (Lipinski definition) is 0. The van der Waals surface area contributed by atoms with E-state index in [0.717, 1.165) is 32.3 Å². The van der Waals surface area contributed by atoms with Crippen LogP contribution in [0.2, 0.25) is 0 Å². The van der Waals surface area contributed by atoms with E-state index in [1.807, 2.05) is 12.1 Å². The molecule has 2 rings (SSSR count). The molecule has 0 aromatic heterocycles. The minimum Gasteiger partial charge on any atom is -0.463 e. The van der Waals surface area contributed by atoms with Gasteiger partial charge >= 0.3 is 23.9 Å². The van der Waals surface area contributed by atoms with Crippen molar-refractivity contribution in [2.75, 3.05) is 6.61 Å². The minimum atomic E-state index is -1.27. The quantitative estimate of drug-likeness (QED) is 0.395. The molecule has 0 spiro atoms. The molecule has 182 valence electrons. The third kappa shape index (κ3) is 8.05. The summed E-state index contributed by atoms with van der Waals surface area (Å²) in [5.74, 6) is -2.26. The molecule has 1 fully saturated rings. The number of hydrogen-bond acceptors (Lipinski definition) is 10. The van der Waals surface area contributed by atoms with Gasteiger partial charge in [0, 0.05) is 27.7 Å². The van der Waals surface area contributed by atoms with E-state index in [4.69, 9.17) is 28.4 Å². The molecule has 0 amide bonds. The highest BCUT2D eigenvalue weighted by atomic mass is 16.7. The lowest BCUT2D eigenvalue weighted by Crippen LogP contribution is -2.63. The molecule has 5 atom stereocenters. The SMILES string of the molecule is CCCc1ccc(O[C@@H]2O[C@@H](COC(C)=O)[C@@H](OC(C)=O)[C@@H](OC(C)=O)[C@H]2OC(C)=O)cc1. The number of aryl methyl sites for hydroxylation is 1. The van der Waals surface area contributed by atoms with E-state index < -0.39 is 54.6 Å². The topological polar surface area (TPSA) is 124 Å². The Morgan fingerprint density at radius 1 is 0.788 bits per heavy atom. The van der Waals surface area contributed by atoms with Crippen molar-refractivity contribution in [1.29, 1.82) is 0 Å². The van der Waals surface area contributed by atoms with Crippen LogP contribution in [-0.2, 0) is 49.3 Å². The Morgan fingerprint density at radius 3 is 1.85 bits per heavy atom. The second-order valence-electron chi connectivity index (χ2n) is 7.58. The minimum absolute atomic E-state index is 0.312. The van der Waals surface area contributed by atoms with Crippen LogP contribution in [0.1, 0.15) is 46.6 Å². The summed E-state index contributed by atoms with van der Waals surface area (Å²) in [5, 5.41) is 0. The number of carbonyl (C=O) groups is 4. The molecule has 0 unspecified atom stereocenters. The van der Waals surface area contributed by atoms with Crippen LogP contribution >= 0.6 is 0 Å². The van der Waals surface area contributed by atoms with Gasteiger partial charge in [-0.05, 0) is 24.1 Å². The first-order chi connectivity index (χ1) is 15.6. The molecular formula is C23H30O10. The first kappa shape index (κ1) is 26.1. The summed E-state index contributed by atoms with van der Waals surface area (Å²) < 4.78 is 33.0. The largest absolute Gasteiger partial charge is 0.463 e. The van der Waals surface area contributed by atoms with Crippen LogP contribution in [0.4, 0.5) is 0 Å². The average Bonchev–Trinajstić information content (AvgIpc) is 2.71. The lowest BCUT2D eigenvalue weighted by molar-refractivity contribution is -0.288. The molecule has 0 bridgehead atoms. The van der Waals surface area contributed by atoms with Gasteiger partial charge < -0.3 is 28.4 Å². The molecule has 1 aromatic carbocycles. The zero-order chi connectivity index (χ0) is 24.5. The van der Waals surface area contributed by atoms with Crippen LogP contribution in [0.5, 0.6) is 5.75 Å². The van der Waals surface area contributed by atoms with Crippen molar-refractivity contribution < 1.29 is 47.6 Å². The van der Waals surface area contributed by atoms with Gasteiger partial charge in [0.25, 0.3) is 0 Å². The van der Waals surface area contributed by atoms with Gasteiger partial charge in [0.2, 0.25) is 12.4 Å². The van der Waals surface area contributed by atoms with Crippen molar-refractivity contribution in [1.82, 2.24) is 0 Å². The van der Waals surface area contributed by atoms with E-state index in [1.165, 1.54) is 13.8 Å². The van der Waals surface area contributed by atoms with Crippen LogP contribution < -0.4 is 4.74 Å². The van der Waals surface area contributed by atoms with Crippen molar-refractivity contribution in [2.24, 2.45) is 0 Å². The van der Waals surface area contributed by atoms with Gasteiger partial charge in [-0.3, -0.25) is 19.2 Å². The van der Waals surface area contributed by atoms with E-state index in [2.05, 4.69) is 6.92 Å². The van der Waals surface area contributed by atoms with Crippen molar-refractivity contribution in [2.45, 2.75) is 78.2 Å². The second-order valence-corrected chi connectivity index (χ2v) is 7.58. The van der Waals surface area contributed by atoms with E-state index in [0.29, 0.717) is 5.75 Å². The summed E-state index contributed by atoms with van der Waals surface area (Å²) >= 11 is 0. The Labute approximate surface area is 192 Å². The highest BCUT2D eigenvalue weighted by molar-refractivity contribution is 5.68. The summed E-state index contributed by atoms with van der Waals surface area (Å²) in [6, 6.07) is 7.26. The molecule has 0 radical (unpaired) electrons. The monoisotopic (exact) mass is 466 g/mol. The smallest absolute Gasteiger partial charge is 0.303 e. The second kappa shape index (κ2) is 12.2. The summed E-state index contributed by atoms with van der Waals surface area (Å²) in [4.78, 5) is 46.8. The third-order valence-corrected chi connectivity index (χ3v) is 4.66. The molecule has 33 heavy (non-hydrogen) atoms. The number of rotatable bonds is 9. The third-order valence-electron chi connectivity index (χ3n) is 4.66. The summed E-state index contributed by atoms with van der Waals surface area (Å²) in [6.07, 6.45) is -4.17. The fraction of sp³-hybridized carbons (Fsp3) is 0.565. The maximum atomic E-state index is 11.8.